The lowest BCUT2D eigenvalue weighted by Gasteiger charge is -2.30. The molecule has 3 N–H and O–H groups in total. The van der Waals surface area contributed by atoms with Crippen LogP contribution in [-0.2, 0) is 4.79 Å². The van der Waals surface area contributed by atoms with Crippen molar-refractivity contribution in [1.82, 2.24) is 0 Å². The maximum atomic E-state index is 12.8. The molecular formula is C25H32BrN3O3. The Balaban J connectivity index is 1.88. The lowest BCUT2D eigenvalue weighted by atomic mass is 10.0. The van der Waals surface area contributed by atoms with Gasteiger partial charge in [0, 0.05) is 23.2 Å². The smallest absolute Gasteiger partial charge is 0.323 e. The van der Waals surface area contributed by atoms with Gasteiger partial charge in [-0.15, -0.1) is 0 Å². The number of rotatable bonds is 9. The van der Waals surface area contributed by atoms with Gasteiger partial charge >= 0.3 is 12.0 Å². The van der Waals surface area contributed by atoms with E-state index in [0.29, 0.717) is 29.6 Å². The van der Waals surface area contributed by atoms with Gasteiger partial charge in [0.05, 0.1) is 17.3 Å². The van der Waals surface area contributed by atoms with E-state index in [1.54, 1.807) is 0 Å². The number of amides is 2. The molecule has 7 heteroatoms. The van der Waals surface area contributed by atoms with Crippen molar-refractivity contribution in [3.05, 3.63) is 52.5 Å². The zero-order valence-corrected chi connectivity index (χ0v) is 20.6. The molecule has 2 aromatic carbocycles. The van der Waals surface area contributed by atoms with Gasteiger partial charge in [0.2, 0.25) is 0 Å². The average molecular weight is 502 g/mol. The average Bonchev–Trinajstić information content (AvgIpc) is 3.50. The highest BCUT2D eigenvalue weighted by Gasteiger charge is 2.44. The molecule has 1 aliphatic rings. The molecule has 1 aliphatic carbocycles. The van der Waals surface area contributed by atoms with Crippen molar-refractivity contribution in [1.29, 1.82) is 0 Å². The van der Waals surface area contributed by atoms with E-state index in [4.69, 9.17) is 0 Å². The molecule has 0 saturated heterocycles. The highest BCUT2D eigenvalue weighted by atomic mass is 79.9. The maximum Gasteiger partial charge on any atom is 0.323 e. The Morgan fingerprint density at radius 2 is 1.66 bits per heavy atom. The quantitative estimate of drug-likeness (QED) is 0.371. The monoisotopic (exact) mass is 501 g/mol. The lowest BCUT2D eigenvalue weighted by Crippen LogP contribution is -2.32. The fourth-order valence-corrected chi connectivity index (χ4v) is 4.23. The molecule has 6 nitrogen and oxygen atoms in total. The zero-order valence-electron chi connectivity index (χ0n) is 19.1. The van der Waals surface area contributed by atoms with E-state index in [-0.39, 0.29) is 17.9 Å². The van der Waals surface area contributed by atoms with Crippen molar-refractivity contribution in [2.75, 3.05) is 28.6 Å². The fraction of sp³-hybridized carbons (Fsp3) is 0.440. The van der Waals surface area contributed by atoms with Crippen LogP contribution in [0, 0.1) is 17.8 Å². The van der Waals surface area contributed by atoms with Crippen LogP contribution in [0.1, 0.15) is 45.6 Å². The SMILES string of the molecule is CC(C)CN(CC(C)C)c1ccc([C@H]2C[C@H]2C(=O)O)cc1NC(=O)Nc1ccc(Br)cc1. The van der Waals surface area contributed by atoms with Crippen LogP contribution in [0.4, 0.5) is 21.9 Å². The van der Waals surface area contributed by atoms with Crippen LogP contribution in [0.15, 0.2) is 46.9 Å². The van der Waals surface area contributed by atoms with E-state index in [1.165, 1.54) is 0 Å². The van der Waals surface area contributed by atoms with E-state index in [2.05, 4.69) is 59.2 Å². The molecule has 0 unspecified atom stereocenters. The van der Waals surface area contributed by atoms with Gasteiger partial charge in [0.25, 0.3) is 0 Å². The van der Waals surface area contributed by atoms with Gasteiger partial charge in [-0.3, -0.25) is 4.79 Å². The molecular weight excluding hydrogens is 470 g/mol. The summed E-state index contributed by atoms with van der Waals surface area (Å²) in [6.45, 7) is 10.4. The number of nitrogens with zero attached hydrogens (tertiary/aromatic N) is 1. The first-order chi connectivity index (χ1) is 15.1. The van der Waals surface area contributed by atoms with Gasteiger partial charge in [0.1, 0.15) is 0 Å². The van der Waals surface area contributed by atoms with E-state index in [1.807, 2.05) is 42.5 Å². The normalized spacial score (nSPS) is 17.3. The number of carbonyl (C=O) groups is 2. The van der Waals surface area contributed by atoms with Crippen LogP contribution < -0.4 is 15.5 Å². The Morgan fingerprint density at radius 1 is 1.03 bits per heavy atom. The molecule has 2 aromatic rings. The molecule has 0 bridgehead atoms. The van der Waals surface area contributed by atoms with Crippen molar-refractivity contribution in [3.8, 4) is 0 Å². The summed E-state index contributed by atoms with van der Waals surface area (Å²) < 4.78 is 0.939. The fourth-order valence-electron chi connectivity index (χ4n) is 3.97. The molecule has 3 rings (SSSR count). The Kier molecular flexibility index (Phi) is 7.82. The van der Waals surface area contributed by atoms with Crippen molar-refractivity contribution in [2.45, 2.75) is 40.0 Å². The van der Waals surface area contributed by atoms with Crippen LogP contribution in [-0.4, -0.2) is 30.2 Å². The molecule has 1 fully saturated rings. The number of benzene rings is 2. The topological polar surface area (TPSA) is 81.7 Å². The van der Waals surface area contributed by atoms with Crippen molar-refractivity contribution >= 4 is 45.0 Å². The number of hydrogen-bond donors (Lipinski definition) is 3. The van der Waals surface area contributed by atoms with E-state index >= 15 is 0 Å². The summed E-state index contributed by atoms with van der Waals surface area (Å²) in [5.41, 5.74) is 3.30. The predicted molar refractivity (Wildman–Crippen MR) is 134 cm³/mol. The zero-order chi connectivity index (χ0) is 23.4. The molecule has 0 aliphatic heterocycles. The Hall–Kier alpha value is -2.54. The molecule has 0 heterocycles. The van der Waals surface area contributed by atoms with Gasteiger partial charge in [-0.2, -0.15) is 0 Å². The van der Waals surface area contributed by atoms with Crippen LogP contribution in [0.25, 0.3) is 0 Å². The first-order valence-corrected chi connectivity index (χ1v) is 11.9. The standard InChI is InChI=1S/C25H32BrN3O3/c1-15(2)13-29(14-16(3)4)23-10-5-17(20-12-21(20)24(30)31)11-22(23)28-25(32)27-19-8-6-18(26)7-9-19/h5-11,15-16,20-21H,12-14H2,1-4H3,(H,30,31)(H2,27,28,32)/t20-,21-/m1/s1. The van der Waals surface area contributed by atoms with E-state index in [0.717, 1.165) is 28.8 Å². The van der Waals surface area contributed by atoms with Crippen LogP contribution in [0.2, 0.25) is 0 Å². The Labute approximate surface area is 198 Å². The van der Waals surface area contributed by atoms with Gasteiger partial charge in [-0.25, -0.2) is 4.79 Å². The van der Waals surface area contributed by atoms with Crippen LogP contribution >= 0.6 is 15.9 Å². The molecule has 1 saturated carbocycles. The second-order valence-electron chi connectivity index (χ2n) is 9.34. The van der Waals surface area contributed by atoms with Gasteiger partial charge in [-0.05, 0) is 66.1 Å². The van der Waals surface area contributed by atoms with E-state index in [9.17, 15) is 14.7 Å². The minimum absolute atomic E-state index is 0.000261. The summed E-state index contributed by atoms with van der Waals surface area (Å²) in [4.78, 5) is 26.5. The largest absolute Gasteiger partial charge is 0.481 e. The summed E-state index contributed by atoms with van der Waals surface area (Å²) in [6, 6.07) is 13.0. The van der Waals surface area contributed by atoms with Crippen LogP contribution in [0.5, 0.6) is 0 Å². The lowest BCUT2D eigenvalue weighted by molar-refractivity contribution is -0.138. The second-order valence-corrected chi connectivity index (χ2v) is 10.3. The first kappa shape index (κ1) is 24.1. The summed E-state index contributed by atoms with van der Waals surface area (Å²) >= 11 is 3.40. The van der Waals surface area contributed by atoms with Gasteiger partial charge in [-0.1, -0.05) is 49.7 Å². The number of anilines is 3. The number of hydrogen-bond acceptors (Lipinski definition) is 3. The number of carboxylic acids is 1. The number of halogens is 1. The molecule has 2 atom stereocenters. The van der Waals surface area contributed by atoms with Gasteiger partial charge < -0.3 is 20.6 Å². The third-order valence-electron chi connectivity index (χ3n) is 5.42. The number of urea groups is 1. The van der Waals surface area contributed by atoms with E-state index < -0.39 is 5.97 Å². The van der Waals surface area contributed by atoms with Crippen molar-refractivity contribution in [3.63, 3.8) is 0 Å². The minimum Gasteiger partial charge on any atom is -0.481 e. The van der Waals surface area contributed by atoms with Gasteiger partial charge in [0.15, 0.2) is 0 Å². The summed E-state index contributed by atoms with van der Waals surface area (Å²) in [7, 11) is 0. The van der Waals surface area contributed by atoms with Crippen molar-refractivity contribution < 1.29 is 14.7 Å². The predicted octanol–water partition coefficient (Wildman–Crippen LogP) is 6.40. The Morgan fingerprint density at radius 3 is 2.19 bits per heavy atom. The number of carboxylic acid groups (broad SMARTS) is 1. The third-order valence-corrected chi connectivity index (χ3v) is 5.95. The molecule has 172 valence electrons. The molecule has 0 spiro atoms. The molecule has 32 heavy (non-hydrogen) atoms. The minimum atomic E-state index is -0.761. The number of aliphatic carboxylic acids is 1. The first-order valence-electron chi connectivity index (χ1n) is 11.1. The highest BCUT2D eigenvalue weighted by Crippen LogP contribution is 2.49. The summed E-state index contributed by atoms with van der Waals surface area (Å²) in [5.74, 6) is -0.189. The molecule has 0 aromatic heterocycles. The third kappa shape index (κ3) is 6.48. The Bertz CT molecular complexity index is 949. The highest BCUT2D eigenvalue weighted by molar-refractivity contribution is 9.10. The van der Waals surface area contributed by atoms with Crippen molar-refractivity contribution in [2.24, 2.45) is 17.8 Å². The maximum absolute atomic E-state index is 12.8. The number of carbonyl (C=O) groups excluding carboxylic acids is 1. The molecule has 2 amide bonds. The summed E-state index contributed by atoms with van der Waals surface area (Å²) in [5, 5.41) is 15.2. The van der Waals surface area contributed by atoms with Crippen LogP contribution in [0.3, 0.4) is 0 Å². The second kappa shape index (κ2) is 10.4. The number of nitrogens with one attached hydrogen (secondary N) is 2. The summed E-state index contributed by atoms with van der Waals surface area (Å²) in [6.07, 6.45) is 0.640. The molecule has 0 radical (unpaired) electrons.